The quantitative estimate of drug-likeness (QED) is 0.719. The molecule has 132 valence electrons. The second-order valence-electron chi connectivity index (χ2n) is 6.61. The van der Waals surface area contributed by atoms with E-state index in [1.165, 1.54) is 26.2 Å². The lowest BCUT2D eigenvalue weighted by Gasteiger charge is -2.31. The Labute approximate surface area is 144 Å². The van der Waals surface area contributed by atoms with E-state index in [2.05, 4.69) is 15.5 Å². The third-order valence-electron chi connectivity index (χ3n) is 4.74. The topological polar surface area (TPSA) is 61.4 Å². The number of ketones is 1. The molecule has 0 aliphatic carbocycles. The number of amides is 1. The predicted molar refractivity (Wildman–Crippen MR) is 97.4 cm³/mol. The molecule has 0 spiro atoms. The molecule has 1 aromatic carbocycles. The molecular weight excluding hydrogens is 302 g/mol. The lowest BCUT2D eigenvalue weighted by atomic mass is 9.93. The smallest absolute Gasteiger partial charge is 0.225 e. The Bertz CT molecular complexity index is 534. The lowest BCUT2D eigenvalue weighted by Crippen LogP contribution is -2.36. The van der Waals surface area contributed by atoms with E-state index in [0.29, 0.717) is 12.0 Å². The highest BCUT2D eigenvalue weighted by atomic mass is 16.1. The number of carbonyl (C=O) groups is 2. The van der Waals surface area contributed by atoms with Crippen molar-refractivity contribution in [3.63, 3.8) is 0 Å². The van der Waals surface area contributed by atoms with Crippen LogP contribution in [0.25, 0.3) is 0 Å². The third-order valence-corrected chi connectivity index (χ3v) is 4.74. The number of nitrogens with zero attached hydrogens (tertiary/aromatic N) is 1. The molecule has 1 aliphatic heterocycles. The van der Waals surface area contributed by atoms with Crippen LogP contribution in [0.4, 0.5) is 5.69 Å². The number of piperidine rings is 1. The summed E-state index contributed by atoms with van der Waals surface area (Å²) in [6.07, 6.45) is 4.22. The second-order valence-corrected chi connectivity index (χ2v) is 6.61. The average molecular weight is 331 g/mol. The van der Waals surface area contributed by atoms with Crippen molar-refractivity contribution in [2.75, 3.05) is 38.5 Å². The lowest BCUT2D eigenvalue weighted by molar-refractivity contribution is -0.116. The summed E-state index contributed by atoms with van der Waals surface area (Å²) >= 11 is 0. The van der Waals surface area contributed by atoms with Crippen molar-refractivity contribution in [3.05, 3.63) is 29.8 Å². The van der Waals surface area contributed by atoms with Crippen molar-refractivity contribution < 1.29 is 9.59 Å². The van der Waals surface area contributed by atoms with Gasteiger partial charge in [0.15, 0.2) is 5.78 Å². The molecule has 1 aliphatic rings. The Morgan fingerprint density at radius 1 is 1.17 bits per heavy atom. The number of hydrogen-bond acceptors (Lipinski definition) is 4. The summed E-state index contributed by atoms with van der Waals surface area (Å²) in [6.45, 7) is 5.63. The Hall–Kier alpha value is -1.72. The van der Waals surface area contributed by atoms with Gasteiger partial charge in [0, 0.05) is 24.2 Å². The fraction of sp³-hybridized carbons (Fsp3) is 0.579. The fourth-order valence-corrected chi connectivity index (χ4v) is 3.12. The molecule has 2 N–H and O–H groups in total. The van der Waals surface area contributed by atoms with Gasteiger partial charge in [0.05, 0.1) is 0 Å². The first kappa shape index (κ1) is 18.6. The molecule has 1 fully saturated rings. The molecule has 5 heteroatoms. The number of hydrogen-bond donors (Lipinski definition) is 2. The van der Waals surface area contributed by atoms with Crippen LogP contribution in [-0.2, 0) is 4.79 Å². The average Bonchev–Trinajstić information content (AvgIpc) is 2.59. The maximum atomic E-state index is 12.1. The number of rotatable bonds is 8. The zero-order chi connectivity index (χ0) is 17.4. The zero-order valence-electron chi connectivity index (χ0n) is 14.8. The molecule has 0 radical (unpaired) electrons. The van der Waals surface area contributed by atoms with E-state index < -0.39 is 0 Å². The monoisotopic (exact) mass is 331 g/mol. The minimum absolute atomic E-state index is 0.0304. The summed E-state index contributed by atoms with van der Waals surface area (Å²) in [5, 5.41) is 6.11. The minimum Gasteiger partial charge on any atom is -0.326 e. The van der Waals surface area contributed by atoms with Gasteiger partial charge in [0.25, 0.3) is 0 Å². The van der Waals surface area contributed by atoms with Crippen molar-refractivity contribution in [2.24, 2.45) is 5.92 Å². The van der Waals surface area contributed by atoms with Gasteiger partial charge in [0.2, 0.25) is 5.91 Å². The molecular formula is C19H29N3O2. The van der Waals surface area contributed by atoms with Crippen LogP contribution in [-0.4, -0.2) is 49.8 Å². The van der Waals surface area contributed by atoms with Gasteiger partial charge in [-0.3, -0.25) is 9.59 Å². The van der Waals surface area contributed by atoms with E-state index in [0.717, 1.165) is 37.8 Å². The highest BCUT2D eigenvalue weighted by molar-refractivity contribution is 5.95. The molecule has 0 atom stereocenters. The molecule has 1 aromatic rings. The van der Waals surface area contributed by atoms with E-state index in [9.17, 15) is 9.59 Å². The first-order chi connectivity index (χ1) is 11.6. The summed E-state index contributed by atoms with van der Waals surface area (Å²) < 4.78 is 0. The van der Waals surface area contributed by atoms with Gasteiger partial charge in [-0.1, -0.05) is 0 Å². The Morgan fingerprint density at radius 3 is 2.42 bits per heavy atom. The SMILES string of the molecule is CNCCC1CCN(CCC(=O)Nc2ccc(C(C)=O)cc2)CC1. The maximum absolute atomic E-state index is 12.1. The molecule has 0 aromatic heterocycles. The van der Waals surface area contributed by atoms with Gasteiger partial charge < -0.3 is 15.5 Å². The fourth-order valence-electron chi connectivity index (χ4n) is 3.12. The first-order valence-electron chi connectivity index (χ1n) is 8.86. The molecule has 1 saturated heterocycles. The Kier molecular flexibility index (Phi) is 7.40. The van der Waals surface area contributed by atoms with Crippen molar-refractivity contribution in [3.8, 4) is 0 Å². The molecule has 2 rings (SSSR count). The molecule has 0 saturated carbocycles. The van der Waals surface area contributed by atoms with E-state index in [1.54, 1.807) is 24.3 Å². The number of Topliss-reactive ketones (excluding diaryl/α,β-unsaturated/α-hetero) is 1. The van der Waals surface area contributed by atoms with Crippen molar-refractivity contribution >= 4 is 17.4 Å². The Balaban J connectivity index is 1.67. The van der Waals surface area contributed by atoms with Crippen molar-refractivity contribution in [1.29, 1.82) is 0 Å². The Morgan fingerprint density at radius 2 is 1.83 bits per heavy atom. The number of carbonyl (C=O) groups excluding carboxylic acids is 2. The minimum atomic E-state index is 0.0304. The molecule has 1 heterocycles. The summed E-state index contributed by atoms with van der Waals surface area (Å²) in [5.74, 6) is 0.885. The van der Waals surface area contributed by atoms with Crippen LogP contribution in [0.5, 0.6) is 0 Å². The normalized spacial score (nSPS) is 16.1. The van der Waals surface area contributed by atoms with Crippen LogP contribution >= 0.6 is 0 Å². The number of anilines is 1. The van der Waals surface area contributed by atoms with E-state index in [1.807, 2.05) is 7.05 Å². The van der Waals surface area contributed by atoms with Crippen LogP contribution in [0.15, 0.2) is 24.3 Å². The van der Waals surface area contributed by atoms with Gasteiger partial charge in [-0.15, -0.1) is 0 Å². The molecule has 1 amide bonds. The number of benzene rings is 1. The van der Waals surface area contributed by atoms with Crippen molar-refractivity contribution in [1.82, 2.24) is 10.2 Å². The first-order valence-corrected chi connectivity index (χ1v) is 8.86. The summed E-state index contributed by atoms with van der Waals surface area (Å²) in [4.78, 5) is 25.7. The van der Waals surface area contributed by atoms with Crippen LogP contribution in [0.1, 0.15) is 43.0 Å². The van der Waals surface area contributed by atoms with Gasteiger partial charge in [-0.05, 0) is 83.1 Å². The summed E-state index contributed by atoms with van der Waals surface area (Å²) in [7, 11) is 2.00. The molecule has 5 nitrogen and oxygen atoms in total. The van der Waals surface area contributed by atoms with Gasteiger partial charge in [0.1, 0.15) is 0 Å². The predicted octanol–water partition coefficient (Wildman–Crippen LogP) is 2.54. The third kappa shape index (κ3) is 6.06. The second kappa shape index (κ2) is 9.55. The zero-order valence-corrected chi connectivity index (χ0v) is 14.8. The van der Waals surface area contributed by atoms with E-state index in [4.69, 9.17) is 0 Å². The highest BCUT2D eigenvalue weighted by Gasteiger charge is 2.19. The van der Waals surface area contributed by atoms with Gasteiger partial charge in [-0.2, -0.15) is 0 Å². The highest BCUT2D eigenvalue weighted by Crippen LogP contribution is 2.20. The van der Waals surface area contributed by atoms with E-state index in [-0.39, 0.29) is 11.7 Å². The number of nitrogens with one attached hydrogen (secondary N) is 2. The molecule has 24 heavy (non-hydrogen) atoms. The largest absolute Gasteiger partial charge is 0.326 e. The van der Waals surface area contributed by atoms with Gasteiger partial charge >= 0.3 is 0 Å². The molecule has 0 unspecified atom stereocenters. The van der Waals surface area contributed by atoms with Crippen LogP contribution in [0, 0.1) is 5.92 Å². The van der Waals surface area contributed by atoms with Crippen LogP contribution in [0.3, 0.4) is 0 Å². The summed E-state index contributed by atoms with van der Waals surface area (Å²) in [5.41, 5.74) is 1.41. The summed E-state index contributed by atoms with van der Waals surface area (Å²) in [6, 6.07) is 7.05. The molecule has 0 bridgehead atoms. The van der Waals surface area contributed by atoms with Gasteiger partial charge in [-0.25, -0.2) is 0 Å². The van der Waals surface area contributed by atoms with Crippen molar-refractivity contribution in [2.45, 2.75) is 32.6 Å². The van der Waals surface area contributed by atoms with Crippen LogP contribution in [0.2, 0.25) is 0 Å². The van der Waals surface area contributed by atoms with Crippen LogP contribution < -0.4 is 10.6 Å². The van der Waals surface area contributed by atoms with E-state index >= 15 is 0 Å². The standard InChI is InChI=1S/C19H29N3O2/c1-15(23)17-3-5-18(6-4-17)21-19(24)10-14-22-12-8-16(9-13-22)7-11-20-2/h3-6,16,20H,7-14H2,1-2H3,(H,21,24). The maximum Gasteiger partial charge on any atom is 0.225 e. The number of likely N-dealkylation sites (tertiary alicyclic amines) is 1.